The lowest BCUT2D eigenvalue weighted by atomic mass is 10.3. The number of halogens is 1. The largest absolute Gasteiger partial charge is 0.274 e. The van der Waals surface area contributed by atoms with E-state index in [4.69, 9.17) is 0 Å². The van der Waals surface area contributed by atoms with E-state index in [0.29, 0.717) is 5.69 Å². The van der Waals surface area contributed by atoms with Crippen molar-refractivity contribution in [1.29, 1.82) is 0 Å². The number of hydrogen-bond donors (Lipinski definition) is 0. The Kier molecular flexibility index (Phi) is 3.95. The molecule has 0 N–H and O–H groups in total. The third-order valence-corrected chi connectivity index (χ3v) is 5.79. The Morgan fingerprint density at radius 3 is 2.37 bits per heavy atom. The Bertz CT molecular complexity index is 624. The van der Waals surface area contributed by atoms with E-state index in [1.807, 2.05) is 0 Å². The molecule has 7 heteroatoms. The van der Waals surface area contributed by atoms with Gasteiger partial charge in [0.2, 0.25) is 5.91 Å². The van der Waals surface area contributed by atoms with Crippen molar-refractivity contribution >= 4 is 49.9 Å². The van der Waals surface area contributed by atoms with Gasteiger partial charge >= 0.3 is 0 Å². The maximum absolute atomic E-state index is 12.1. The molecule has 1 atom stereocenters. The van der Waals surface area contributed by atoms with E-state index < -0.39 is 26.9 Å². The van der Waals surface area contributed by atoms with Crippen molar-refractivity contribution in [3.8, 4) is 0 Å². The van der Waals surface area contributed by atoms with Crippen LogP contribution in [0, 0.1) is 3.57 Å². The van der Waals surface area contributed by atoms with Crippen LogP contribution < -0.4 is 4.90 Å². The second kappa shape index (κ2) is 5.20. The van der Waals surface area contributed by atoms with Gasteiger partial charge in [-0.25, -0.2) is 13.3 Å². The zero-order chi connectivity index (χ0) is 14.2. The third kappa shape index (κ3) is 2.66. The smallest absolute Gasteiger partial charge is 0.252 e. The topological polar surface area (TPSA) is 71.5 Å². The van der Waals surface area contributed by atoms with Crippen molar-refractivity contribution in [1.82, 2.24) is 0 Å². The summed E-state index contributed by atoms with van der Waals surface area (Å²) in [6, 6.07) is 6.80. The maximum Gasteiger partial charge on any atom is 0.252 e. The number of sulfone groups is 1. The Morgan fingerprint density at radius 2 is 1.84 bits per heavy atom. The van der Waals surface area contributed by atoms with Gasteiger partial charge in [0.1, 0.15) is 5.25 Å². The van der Waals surface area contributed by atoms with E-state index in [1.165, 1.54) is 6.92 Å². The molecule has 0 radical (unpaired) electrons. The summed E-state index contributed by atoms with van der Waals surface area (Å²) < 4.78 is 24.5. The molecule has 102 valence electrons. The second-order valence-electron chi connectivity index (χ2n) is 4.19. The van der Waals surface area contributed by atoms with Gasteiger partial charge in [-0.3, -0.25) is 9.59 Å². The molecule has 0 aromatic heterocycles. The molecule has 1 unspecified atom stereocenters. The maximum atomic E-state index is 12.1. The fraction of sp³-hybridized carbons (Fsp3) is 0.333. The normalized spacial score (nSPS) is 20.1. The summed E-state index contributed by atoms with van der Waals surface area (Å²) in [7, 11) is -3.54. The van der Waals surface area contributed by atoms with E-state index >= 15 is 0 Å². The lowest BCUT2D eigenvalue weighted by Crippen LogP contribution is -2.35. The number of nitrogens with zero attached hydrogens (tertiary/aromatic N) is 1. The summed E-state index contributed by atoms with van der Waals surface area (Å²) in [6.45, 7) is 1.47. The number of rotatable bonds is 3. The van der Waals surface area contributed by atoms with Crippen LogP contribution in [0.15, 0.2) is 24.3 Å². The van der Waals surface area contributed by atoms with Gasteiger partial charge in [-0.1, -0.05) is 6.92 Å². The van der Waals surface area contributed by atoms with Crippen LogP contribution in [0.2, 0.25) is 0 Å². The van der Waals surface area contributed by atoms with Crippen molar-refractivity contribution < 1.29 is 18.0 Å². The van der Waals surface area contributed by atoms with Crippen molar-refractivity contribution in [3.05, 3.63) is 27.8 Å². The van der Waals surface area contributed by atoms with Crippen LogP contribution in [0.4, 0.5) is 5.69 Å². The molecule has 1 fully saturated rings. The summed E-state index contributed by atoms with van der Waals surface area (Å²) in [5.41, 5.74) is 0.421. The summed E-state index contributed by atoms with van der Waals surface area (Å²) in [5.74, 6) is -1.25. The molecule has 0 bridgehead atoms. The van der Waals surface area contributed by atoms with Gasteiger partial charge in [-0.05, 0) is 46.9 Å². The van der Waals surface area contributed by atoms with Gasteiger partial charge in [-0.2, -0.15) is 0 Å². The minimum Gasteiger partial charge on any atom is -0.274 e. The monoisotopic (exact) mass is 393 g/mol. The predicted octanol–water partition coefficient (Wildman–Crippen LogP) is 1.36. The average molecular weight is 393 g/mol. The average Bonchev–Trinajstić information content (AvgIpc) is 2.67. The van der Waals surface area contributed by atoms with Crippen molar-refractivity contribution in [2.75, 3.05) is 10.7 Å². The fourth-order valence-electron chi connectivity index (χ4n) is 1.95. The van der Waals surface area contributed by atoms with E-state index in [0.717, 1.165) is 8.47 Å². The minimum atomic E-state index is -3.54. The molecule has 0 saturated carbocycles. The molecule has 0 spiro atoms. The molecule has 1 aliphatic heterocycles. The Balaban J connectivity index is 2.37. The Labute approximate surface area is 125 Å². The number of hydrogen-bond acceptors (Lipinski definition) is 4. The fourth-order valence-corrected chi connectivity index (χ4v) is 3.52. The van der Waals surface area contributed by atoms with E-state index in [2.05, 4.69) is 22.6 Å². The SMILES string of the molecule is CCS(=O)(=O)C1CC(=O)N(c2ccc(I)cc2)C1=O. The van der Waals surface area contributed by atoms with Gasteiger partial charge < -0.3 is 0 Å². The summed E-state index contributed by atoms with van der Waals surface area (Å²) in [4.78, 5) is 25.0. The van der Waals surface area contributed by atoms with Crippen molar-refractivity contribution in [2.24, 2.45) is 0 Å². The highest BCUT2D eigenvalue weighted by Crippen LogP contribution is 2.27. The third-order valence-electron chi connectivity index (χ3n) is 3.03. The summed E-state index contributed by atoms with van der Waals surface area (Å²) in [6.07, 6.45) is -0.263. The second-order valence-corrected chi connectivity index (χ2v) is 7.91. The van der Waals surface area contributed by atoms with Crippen LogP contribution in [0.3, 0.4) is 0 Å². The first-order valence-electron chi connectivity index (χ1n) is 5.70. The Morgan fingerprint density at radius 1 is 1.26 bits per heavy atom. The van der Waals surface area contributed by atoms with E-state index in [9.17, 15) is 18.0 Å². The molecule has 2 rings (SSSR count). The first-order chi connectivity index (χ1) is 8.86. The summed E-state index contributed by atoms with van der Waals surface area (Å²) in [5, 5.41) is -1.23. The van der Waals surface area contributed by atoms with Crippen molar-refractivity contribution in [3.63, 3.8) is 0 Å². The number of anilines is 1. The number of benzene rings is 1. The number of imide groups is 1. The molecule has 1 aromatic rings. The minimum absolute atomic E-state index is 0.142. The quantitative estimate of drug-likeness (QED) is 0.575. The predicted molar refractivity (Wildman–Crippen MR) is 79.5 cm³/mol. The highest BCUT2D eigenvalue weighted by molar-refractivity contribution is 14.1. The number of carbonyl (C=O) groups is 2. The zero-order valence-corrected chi connectivity index (χ0v) is 13.1. The first-order valence-corrected chi connectivity index (χ1v) is 8.50. The molecule has 5 nitrogen and oxygen atoms in total. The molecular weight excluding hydrogens is 381 g/mol. The summed E-state index contributed by atoms with van der Waals surface area (Å²) >= 11 is 2.11. The van der Waals surface area contributed by atoms with Gasteiger partial charge in [0, 0.05) is 9.32 Å². The zero-order valence-electron chi connectivity index (χ0n) is 10.2. The molecule has 0 aliphatic carbocycles. The lowest BCUT2D eigenvalue weighted by Gasteiger charge is -2.14. The van der Waals surface area contributed by atoms with Gasteiger partial charge in [0.05, 0.1) is 12.1 Å². The molecule has 1 aliphatic rings. The first kappa shape index (κ1) is 14.4. The number of amides is 2. The van der Waals surface area contributed by atoms with Crippen LogP contribution in [0.1, 0.15) is 13.3 Å². The highest BCUT2D eigenvalue weighted by atomic mass is 127. The van der Waals surface area contributed by atoms with Crippen LogP contribution in [-0.4, -0.2) is 31.2 Å². The van der Waals surface area contributed by atoms with Crippen molar-refractivity contribution in [2.45, 2.75) is 18.6 Å². The highest BCUT2D eigenvalue weighted by Gasteiger charge is 2.45. The van der Waals surface area contributed by atoms with E-state index in [1.54, 1.807) is 24.3 Å². The molecule has 1 aromatic carbocycles. The molecule has 1 heterocycles. The van der Waals surface area contributed by atoms with Crippen LogP contribution in [-0.2, 0) is 19.4 Å². The molecule has 2 amide bonds. The molecular formula is C12H12INO4S. The van der Waals surface area contributed by atoms with Gasteiger partial charge in [-0.15, -0.1) is 0 Å². The van der Waals surface area contributed by atoms with Gasteiger partial charge in [0.15, 0.2) is 9.84 Å². The van der Waals surface area contributed by atoms with Crippen LogP contribution >= 0.6 is 22.6 Å². The van der Waals surface area contributed by atoms with Gasteiger partial charge in [0.25, 0.3) is 5.91 Å². The van der Waals surface area contributed by atoms with E-state index in [-0.39, 0.29) is 12.2 Å². The molecule has 19 heavy (non-hydrogen) atoms. The van der Waals surface area contributed by atoms with Crippen LogP contribution in [0.25, 0.3) is 0 Å². The lowest BCUT2D eigenvalue weighted by molar-refractivity contribution is -0.121. The Hall–Kier alpha value is -0.960. The molecule has 1 saturated heterocycles. The van der Waals surface area contributed by atoms with Crippen LogP contribution in [0.5, 0.6) is 0 Å². The number of carbonyl (C=O) groups excluding carboxylic acids is 2. The standard InChI is InChI=1S/C12H12INO4S/c1-2-19(17,18)10-7-11(15)14(12(10)16)9-5-3-8(13)4-6-9/h3-6,10H,2,7H2,1H3.